The number of carbonyl (C=O) groups is 2. The number of carboxylic acid groups (broad SMARTS) is 2. The molecule has 8 nitrogen and oxygen atoms in total. The minimum absolute atomic E-state index is 0.476. The van der Waals surface area contributed by atoms with Gasteiger partial charge in [0.2, 0.25) is 0 Å². The second-order valence-electron chi connectivity index (χ2n) is 3.31. The summed E-state index contributed by atoms with van der Waals surface area (Å²) in [6.07, 6.45) is 5.88. The van der Waals surface area contributed by atoms with Gasteiger partial charge in [0.05, 0.1) is 25.4 Å². The number of hydrogen-bond donors (Lipinski definition) is 3. The topological polar surface area (TPSA) is 136 Å². The fourth-order valence-electron chi connectivity index (χ4n) is 1.01. The number of aliphatic carboxylic acids is 2. The van der Waals surface area contributed by atoms with Gasteiger partial charge in [-0.25, -0.2) is 14.6 Å². The molecule has 1 heterocycles. The van der Waals surface area contributed by atoms with E-state index in [0.717, 1.165) is 18.5 Å². The number of nitrogens with one attached hydrogen (secondary N) is 1. The maximum Gasteiger partial charge on any atom is 0.414 e. The highest BCUT2D eigenvalue weighted by Gasteiger charge is 2.04. The van der Waals surface area contributed by atoms with Crippen LogP contribution < -0.4 is 0 Å². The molecule has 0 saturated carbocycles. The van der Waals surface area contributed by atoms with Gasteiger partial charge in [0, 0.05) is 18.5 Å². The van der Waals surface area contributed by atoms with Crippen molar-refractivity contribution < 1.29 is 24.5 Å². The Balaban J connectivity index is 0.000000459. The Morgan fingerprint density at radius 1 is 1.37 bits per heavy atom. The molecule has 0 bridgehead atoms. The molecule has 104 valence electrons. The lowest BCUT2D eigenvalue weighted by Gasteiger charge is -1.99. The number of rotatable bonds is 6. The highest BCUT2D eigenvalue weighted by Crippen LogP contribution is 1.97. The zero-order valence-corrected chi connectivity index (χ0v) is 10.2. The van der Waals surface area contributed by atoms with Gasteiger partial charge >= 0.3 is 11.9 Å². The molecule has 0 atom stereocenters. The number of ether oxygens (including phenoxy) is 1. The molecule has 0 spiro atoms. The third-order valence-electron chi connectivity index (χ3n) is 1.83. The van der Waals surface area contributed by atoms with Crippen LogP contribution in [0.15, 0.2) is 12.5 Å². The molecular formula is C11H15N3O5. The first-order chi connectivity index (χ1) is 9.07. The first kappa shape index (κ1) is 16.6. The van der Waals surface area contributed by atoms with Crippen LogP contribution in [0.4, 0.5) is 0 Å². The average Bonchev–Trinajstić information content (AvgIpc) is 2.87. The minimum Gasteiger partial charge on any atom is -0.473 e. The highest BCUT2D eigenvalue weighted by molar-refractivity contribution is 6.27. The van der Waals surface area contributed by atoms with Crippen molar-refractivity contribution in [3.63, 3.8) is 0 Å². The Hall–Kier alpha value is -2.40. The summed E-state index contributed by atoms with van der Waals surface area (Å²) >= 11 is 0. The van der Waals surface area contributed by atoms with Gasteiger partial charge in [-0.1, -0.05) is 0 Å². The largest absolute Gasteiger partial charge is 0.473 e. The quantitative estimate of drug-likeness (QED) is 0.503. The van der Waals surface area contributed by atoms with E-state index in [-0.39, 0.29) is 0 Å². The lowest BCUT2D eigenvalue weighted by molar-refractivity contribution is -0.159. The number of nitrogens with zero attached hydrogens (tertiary/aromatic N) is 2. The number of hydrogen-bond acceptors (Lipinski definition) is 5. The van der Waals surface area contributed by atoms with Crippen molar-refractivity contribution >= 4 is 11.9 Å². The van der Waals surface area contributed by atoms with E-state index >= 15 is 0 Å². The molecule has 19 heavy (non-hydrogen) atoms. The van der Waals surface area contributed by atoms with E-state index in [9.17, 15) is 0 Å². The predicted octanol–water partition coefficient (Wildman–Crippen LogP) is 0.428. The second-order valence-corrected chi connectivity index (χ2v) is 3.31. The summed E-state index contributed by atoms with van der Waals surface area (Å²) in [6.45, 7) is 1.25. The summed E-state index contributed by atoms with van der Waals surface area (Å²) in [5.41, 5.74) is 1.13. The minimum atomic E-state index is -1.82. The van der Waals surface area contributed by atoms with Gasteiger partial charge in [-0.05, 0) is 12.8 Å². The zero-order valence-electron chi connectivity index (χ0n) is 10.2. The van der Waals surface area contributed by atoms with Crippen molar-refractivity contribution in [1.29, 1.82) is 5.26 Å². The van der Waals surface area contributed by atoms with Crippen molar-refractivity contribution in [2.24, 2.45) is 0 Å². The molecule has 3 N–H and O–H groups in total. The standard InChI is InChI=1S/C9H13N3O.C2H2O4/c10-4-2-6-13-5-1-3-9-7-11-8-12-9;3-1(4)2(5)6/h7-8H,1-3,5-6H2,(H,11,12);(H,3,4)(H,5,6). The van der Waals surface area contributed by atoms with Gasteiger partial charge in [0.1, 0.15) is 0 Å². The normalized spacial score (nSPS) is 9.00. The molecule has 0 aliphatic carbocycles. The zero-order chi connectivity index (χ0) is 14.5. The number of imidazole rings is 1. The Morgan fingerprint density at radius 2 is 2.05 bits per heavy atom. The van der Waals surface area contributed by atoms with E-state index in [1.807, 2.05) is 12.3 Å². The summed E-state index contributed by atoms with van der Waals surface area (Å²) in [7, 11) is 0. The summed E-state index contributed by atoms with van der Waals surface area (Å²) in [5.74, 6) is -3.65. The Bertz CT molecular complexity index is 398. The molecule has 0 saturated heterocycles. The molecule has 1 aromatic heterocycles. The summed E-state index contributed by atoms with van der Waals surface area (Å²) in [5, 5.41) is 23.0. The van der Waals surface area contributed by atoms with Crippen molar-refractivity contribution in [3.8, 4) is 6.07 Å². The molecular weight excluding hydrogens is 254 g/mol. The second kappa shape index (κ2) is 10.7. The summed E-state index contributed by atoms with van der Waals surface area (Å²) in [6, 6.07) is 2.03. The molecule has 1 rings (SSSR count). The molecule has 0 amide bonds. The molecule has 0 aromatic carbocycles. The van der Waals surface area contributed by atoms with Crippen LogP contribution in [-0.2, 0) is 20.7 Å². The highest BCUT2D eigenvalue weighted by atomic mass is 16.5. The number of aromatic amines is 1. The van der Waals surface area contributed by atoms with Crippen LogP contribution in [-0.4, -0.2) is 45.3 Å². The summed E-state index contributed by atoms with van der Waals surface area (Å²) < 4.78 is 5.22. The first-order valence-electron chi connectivity index (χ1n) is 5.46. The van der Waals surface area contributed by atoms with Gasteiger partial charge in [0.15, 0.2) is 0 Å². The lowest BCUT2D eigenvalue weighted by Crippen LogP contribution is -2.09. The van der Waals surface area contributed by atoms with Crippen LogP contribution >= 0.6 is 0 Å². The fourth-order valence-corrected chi connectivity index (χ4v) is 1.01. The van der Waals surface area contributed by atoms with Gasteiger partial charge in [-0.3, -0.25) is 0 Å². The third kappa shape index (κ3) is 10.5. The van der Waals surface area contributed by atoms with Gasteiger partial charge in [-0.2, -0.15) is 5.26 Å². The predicted molar refractivity (Wildman–Crippen MR) is 63.2 cm³/mol. The number of H-pyrrole nitrogens is 1. The Kier molecular flexibility index (Phi) is 9.38. The van der Waals surface area contributed by atoms with Crippen LogP contribution in [0.25, 0.3) is 0 Å². The monoisotopic (exact) mass is 269 g/mol. The molecule has 0 fully saturated rings. The van der Waals surface area contributed by atoms with E-state index in [4.69, 9.17) is 29.8 Å². The molecule has 0 radical (unpaired) electrons. The fraction of sp³-hybridized carbons (Fsp3) is 0.455. The first-order valence-corrected chi connectivity index (χ1v) is 5.46. The molecule has 0 aliphatic heterocycles. The number of nitriles is 1. The maximum atomic E-state index is 9.10. The van der Waals surface area contributed by atoms with Crippen molar-refractivity contribution in [2.45, 2.75) is 19.3 Å². The van der Waals surface area contributed by atoms with Crippen LogP contribution in [0, 0.1) is 11.3 Å². The van der Waals surface area contributed by atoms with Crippen molar-refractivity contribution in [3.05, 3.63) is 18.2 Å². The average molecular weight is 269 g/mol. The Labute approximate surface area is 109 Å². The van der Waals surface area contributed by atoms with Crippen LogP contribution in [0.3, 0.4) is 0 Å². The molecule has 8 heteroatoms. The van der Waals surface area contributed by atoms with Gasteiger partial charge in [-0.15, -0.1) is 0 Å². The molecule has 0 aliphatic rings. The van der Waals surface area contributed by atoms with E-state index in [1.54, 1.807) is 6.33 Å². The number of aryl methyl sites for hydroxylation is 1. The number of aromatic nitrogens is 2. The maximum absolute atomic E-state index is 9.10. The van der Waals surface area contributed by atoms with Crippen molar-refractivity contribution in [2.75, 3.05) is 13.2 Å². The van der Waals surface area contributed by atoms with Gasteiger partial charge in [0.25, 0.3) is 0 Å². The molecule has 0 unspecified atom stereocenters. The smallest absolute Gasteiger partial charge is 0.414 e. The third-order valence-corrected chi connectivity index (χ3v) is 1.83. The summed E-state index contributed by atoms with van der Waals surface area (Å²) in [4.78, 5) is 25.1. The van der Waals surface area contributed by atoms with Crippen molar-refractivity contribution in [1.82, 2.24) is 9.97 Å². The van der Waals surface area contributed by atoms with Crippen LogP contribution in [0.2, 0.25) is 0 Å². The van der Waals surface area contributed by atoms with E-state index < -0.39 is 11.9 Å². The lowest BCUT2D eigenvalue weighted by atomic mass is 10.3. The SMILES string of the molecule is N#CCCOCCCc1cnc[nH]1.O=C(O)C(=O)O. The van der Waals surface area contributed by atoms with E-state index in [1.165, 1.54) is 0 Å². The molecule has 1 aromatic rings. The van der Waals surface area contributed by atoms with Gasteiger partial charge < -0.3 is 19.9 Å². The number of carboxylic acids is 2. The van der Waals surface area contributed by atoms with Crippen LogP contribution in [0.1, 0.15) is 18.5 Å². The Morgan fingerprint density at radius 3 is 2.53 bits per heavy atom. The van der Waals surface area contributed by atoms with E-state index in [2.05, 4.69) is 9.97 Å². The van der Waals surface area contributed by atoms with E-state index in [0.29, 0.717) is 19.6 Å². The van der Waals surface area contributed by atoms with Crippen LogP contribution in [0.5, 0.6) is 0 Å².